The lowest BCUT2D eigenvalue weighted by Gasteiger charge is -2.28. The minimum atomic E-state index is 0.567. The summed E-state index contributed by atoms with van der Waals surface area (Å²) in [4.78, 5) is 2.39. The first kappa shape index (κ1) is 11.2. The normalized spacial score (nSPS) is 18.9. The third-order valence-electron chi connectivity index (χ3n) is 3.55. The number of fused-ring (bicyclic) bond motifs is 1. The number of likely N-dealkylation sites (tertiary alicyclic amines) is 1. The van der Waals surface area contributed by atoms with E-state index in [-0.39, 0.29) is 0 Å². The topological polar surface area (TPSA) is 21.1 Å². The van der Waals surface area contributed by atoms with Gasteiger partial charge in [0.05, 0.1) is 11.6 Å². The lowest BCUT2D eigenvalue weighted by Crippen LogP contribution is -2.31. The molecule has 0 unspecified atom stereocenters. The standard InChI is InChI=1S/C13H16BrN3/c1-16-6-4-12(5-7-16)17-9-10-2-3-11(14)8-13(10)15-17/h2-3,8-9,12H,4-7H2,1H3. The number of aromatic nitrogens is 2. The van der Waals surface area contributed by atoms with Gasteiger partial charge < -0.3 is 4.90 Å². The summed E-state index contributed by atoms with van der Waals surface area (Å²) in [7, 11) is 2.19. The molecular formula is C13H16BrN3. The molecule has 0 aliphatic carbocycles. The zero-order chi connectivity index (χ0) is 11.8. The molecule has 0 spiro atoms. The van der Waals surface area contributed by atoms with Crippen LogP contribution < -0.4 is 0 Å². The Morgan fingerprint density at radius 1 is 1.29 bits per heavy atom. The summed E-state index contributed by atoms with van der Waals surface area (Å²) >= 11 is 3.49. The molecule has 0 bridgehead atoms. The van der Waals surface area contributed by atoms with Crippen molar-refractivity contribution in [1.82, 2.24) is 14.7 Å². The van der Waals surface area contributed by atoms with Crippen LogP contribution in [0.25, 0.3) is 10.9 Å². The molecule has 0 amide bonds. The zero-order valence-electron chi connectivity index (χ0n) is 9.93. The highest BCUT2D eigenvalue weighted by atomic mass is 79.9. The first-order valence-corrected chi connectivity index (χ1v) is 6.84. The van der Waals surface area contributed by atoms with Crippen LogP contribution in [-0.2, 0) is 0 Å². The molecule has 0 atom stereocenters. The van der Waals surface area contributed by atoms with Gasteiger partial charge in [-0.1, -0.05) is 22.0 Å². The maximum atomic E-state index is 4.69. The fraction of sp³-hybridized carbons (Fsp3) is 0.462. The van der Waals surface area contributed by atoms with E-state index in [9.17, 15) is 0 Å². The Bertz CT molecular complexity index is 526. The van der Waals surface area contributed by atoms with Crippen molar-refractivity contribution in [2.45, 2.75) is 18.9 Å². The van der Waals surface area contributed by atoms with Crippen LogP contribution in [0, 0.1) is 0 Å². The van der Waals surface area contributed by atoms with Crippen LogP contribution in [0.4, 0.5) is 0 Å². The predicted molar refractivity (Wildman–Crippen MR) is 73.2 cm³/mol. The molecule has 2 aromatic rings. The van der Waals surface area contributed by atoms with Crippen LogP contribution in [-0.4, -0.2) is 34.8 Å². The van der Waals surface area contributed by atoms with E-state index in [4.69, 9.17) is 5.10 Å². The van der Waals surface area contributed by atoms with Crippen molar-refractivity contribution in [3.8, 4) is 0 Å². The molecule has 2 heterocycles. The molecule has 1 aromatic carbocycles. The number of halogens is 1. The van der Waals surface area contributed by atoms with Crippen molar-refractivity contribution in [3.63, 3.8) is 0 Å². The van der Waals surface area contributed by atoms with Gasteiger partial charge in [-0.3, -0.25) is 4.68 Å². The van der Waals surface area contributed by atoms with Gasteiger partial charge in [-0.05, 0) is 45.1 Å². The van der Waals surface area contributed by atoms with Gasteiger partial charge >= 0.3 is 0 Å². The van der Waals surface area contributed by atoms with Crippen LogP contribution in [0.1, 0.15) is 18.9 Å². The summed E-state index contributed by atoms with van der Waals surface area (Å²) in [5.41, 5.74) is 1.08. The van der Waals surface area contributed by atoms with E-state index >= 15 is 0 Å². The lowest BCUT2D eigenvalue weighted by molar-refractivity contribution is 0.213. The van der Waals surface area contributed by atoms with Crippen molar-refractivity contribution >= 4 is 26.8 Å². The average Bonchev–Trinajstić information content (AvgIpc) is 2.72. The third-order valence-corrected chi connectivity index (χ3v) is 4.04. The lowest BCUT2D eigenvalue weighted by atomic mass is 10.1. The van der Waals surface area contributed by atoms with Crippen molar-refractivity contribution in [3.05, 3.63) is 28.9 Å². The molecule has 3 nitrogen and oxygen atoms in total. The number of rotatable bonds is 1. The highest BCUT2D eigenvalue weighted by molar-refractivity contribution is 9.10. The van der Waals surface area contributed by atoms with E-state index < -0.39 is 0 Å². The second-order valence-corrected chi connectivity index (χ2v) is 5.76. The van der Waals surface area contributed by atoms with Crippen molar-refractivity contribution in [2.75, 3.05) is 20.1 Å². The number of piperidine rings is 1. The SMILES string of the molecule is CN1CCC(n2cc3ccc(Br)cc3n2)CC1. The smallest absolute Gasteiger partial charge is 0.0934 e. The van der Waals surface area contributed by atoms with Gasteiger partial charge in [0.1, 0.15) is 0 Å². The number of hydrogen-bond donors (Lipinski definition) is 0. The number of nitrogens with zero attached hydrogens (tertiary/aromatic N) is 3. The van der Waals surface area contributed by atoms with Gasteiger partial charge in [0, 0.05) is 16.1 Å². The van der Waals surface area contributed by atoms with E-state index in [1.54, 1.807) is 0 Å². The molecule has 1 aliphatic rings. The molecule has 17 heavy (non-hydrogen) atoms. The van der Waals surface area contributed by atoms with Crippen molar-refractivity contribution < 1.29 is 0 Å². The summed E-state index contributed by atoms with van der Waals surface area (Å²) in [6.45, 7) is 2.34. The Labute approximate surface area is 110 Å². The van der Waals surface area contributed by atoms with E-state index in [0.29, 0.717) is 6.04 Å². The average molecular weight is 294 g/mol. The van der Waals surface area contributed by atoms with Gasteiger partial charge in [-0.25, -0.2) is 0 Å². The first-order chi connectivity index (χ1) is 8.22. The highest BCUT2D eigenvalue weighted by Crippen LogP contribution is 2.25. The van der Waals surface area contributed by atoms with Crippen LogP contribution in [0.3, 0.4) is 0 Å². The van der Waals surface area contributed by atoms with Gasteiger partial charge in [-0.2, -0.15) is 5.10 Å². The Morgan fingerprint density at radius 2 is 2.06 bits per heavy atom. The molecule has 90 valence electrons. The molecule has 0 radical (unpaired) electrons. The number of benzene rings is 1. The van der Waals surface area contributed by atoms with Crippen LogP contribution in [0.5, 0.6) is 0 Å². The Hall–Kier alpha value is -0.870. The summed E-state index contributed by atoms with van der Waals surface area (Å²) < 4.78 is 3.25. The van der Waals surface area contributed by atoms with Crippen molar-refractivity contribution in [1.29, 1.82) is 0 Å². The zero-order valence-corrected chi connectivity index (χ0v) is 11.5. The third kappa shape index (κ3) is 2.24. The maximum absolute atomic E-state index is 4.69. The monoisotopic (exact) mass is 293 g/mol. The van der Waals surface area contributed by atoms with Crippen LogP contribution in [0.2, 0.25) is 0 Å². The quantitative estimate of drug-likeness (QED) is 0.806. The van der Waals surface area contributed by atoms with Crippen LogP contribution >= 0.6 is 15.9 Å². The number of hydrogen-bond acceptors (Lipinski definition) is 2. The molecule has 0 N–H and O–H groups in total. The summed E-state index contributed by atoms with van der Waals surface area (Å²) in [5, 5.41) is 5.92. The minimum Gasteiger partial charge on any atom is -0.306 e. The highest BCUT2D eigenvalue weighted by Gasteiger charge is 2.19. The Morgan fingerprint density at radius 3 is 2.82 bits per heavy atom. The molecule has 4 heteroatoms. The fourth-order valence-corrected chi connectivity index (χ4v) is 2.80. The maximum Gasteiger partial charge on any atom is 0.0934 e. The van der Waals surface area contributed by atoms with Gasteiger partial charge in [0.2, 0.25) is 0 Å². The summed E-state index contributed by atoms with van der Waals surface area (Å²) in [6, 6.07) is 6.85. The van der Waals surface area contributed by atoms with E-state index in [0.717, 1.165) is 9.99 Å². The van der Waals surface area contributed by atoms with E-state index in [1.165, 1.54) is 31.3 Å². The molecule has 3 rings (SSSR count). The molecule has 1 saturated heterocycles. The van der Waals surface area contributed by atoms with Gasteiger partial charge in [-0.15, -0.1) is 0 Å². The van der Waals surface area contributed by atoms with Gasteiger partial charge in [0.25, 0.3) is 0 Å². The minimum absolute atomic E-state index is 0.567. The molecular weight excluding hydrogens is 278 g/mol. The second-order valence-electron chi connectivity index (χ2n) is 4.85. The summed E-state index contributed by atoms with van der Waals surface area (Å²) in [6.07, 6.45) is 4.58. The van der Waals surface area contributed by atoms with Crippen molar-refractivity contribution in [2.24, 2.45) is 0 Å². The molecule has 1 fully saturated rings. The van der Waals surface area contributed by atoms with E-state index in [2.05, 4.69) is 57.0 Å². The Kier molecular flexibility index (Phi) is 2.92. The Balaban J connectivity index is 1.90. The predicted octanol–water partition coefficient (Wildman–Crippen LogP) is 3.07. The fourth-order valence-electron chi connectivity index (χ4n) is 2.45. The first-order valence-electron chi connectivity index (χ1n) is 6.05. The molecule has 0 saturated carbocycles. The molecule has 1 aliphatic heterocycles. The van der Waals surface area contributed by atoms with Crippen LogP contribution in [0.15, 0.2) is 28.9 Å². The van der Waals surface area contributed by atoms with Gasteiger partial charge in [0.15, 0.2) is 0 Å². The second kappa shape index (κ2) is 4.42. The largest absolute Gasteiger partial charge is 0.306 e. The van der Waals surface area contributed by atoms with E-state index in [1.807, 2.05) is 0 Å². The summed E-state index contributed by atoms with van der Waals surface area (Å²) in [5.74, 6) is 0. The molecule has 1 aromatic heterocycles.